The van der Waals surface area contributed by atoms with Crippen molar-refractivity contribution < 1.29 is 4.79 Å². The van der Waals surface area contributed by atoms with Crippen LogP contribution >= 0.6 is 0 Å². The van der Waals surface area contributed by atoms with E-state index in [1.807, 2.05) is 45.9 Å². The highest BCUT2D eigenvalue weighted by Gasteiger charge is 2.50. The Morgan fingerprint density at radius 3 is 2.13 bits per heavy atom. The summed E-state index contributed by atoms with van der Waals surface area (Å²) in [6, 6.07) is 16.8. The Morgan fingerprint density at radius 2 is 1.48 bits per heavy atom. The average Bonchev–Trinajstić information content (AvgIpc) is 2.66. The second kappa shape index (κ2) is 5.19. The van der Waals surface area contributed by atoms with Gasteiger partial charge in [0.1, 0.15) is 0 Å². The molecule has 0 heterocycles. The predicted octanol–water partition coefficient (Wildman–Crippen LogP) is 5.39. The smallest absolute Gasteiger partial charge is 0.152 e. The van der Waals surface area contributed by atoms with Gasteiger partial charge in [-0.1, -0.05) is 54.6 Å². The van der Waals surface area contributed by atoms with Gasteiger partial charge in [0.15, 0.2) is 5.78 Å². The van der Waals surface area contributed by atoms with Crippen LogP contribution in [0.3, 0.4) is 0 Å². The lowest BCUT2D eigenvalue weighted by molar-refractivity contribution is -0.126. The fourth-order valence-corrected chi connectivity index (χ4v) is 3.76. The standard InChI is InChI=1S/C22H24O/c1-15(13-16-9-7-6-8-10-16)17-11-12-18-19(14-17)22(4,5)20(23)21(18,2)3/h6-14H,1-5H3/b15-13+. The van der Waals surface area contributed by atoms with Crippen molar-refractivity contribution in [1.82, 2.24) is 0 Å². The van der Waals surface area contributed by atoms with Crippen LogP contribution in [0.1, 0.15) is 56.9 Å². The van der Waals surface area contributed by atoms with E-state index in [2.05, 4.69) is 43.3 Å². The molecular formula is C22H24O. The molecule has 23 heavy (non-hydrogen) atoms. The lowest BCUT2D eigenvalue weighted by Crippen LogP contribution is -2.33. The number of carbonyl (C=O) groups excluding carboxylic acids is 1. The molecule has 0 saturated carbocycles. The third kappa shape index (κ3) is 2.45. The average molecular weight is 304 g/mol. The normalized spacial score (nSPS) is 18.8. The summed E-state index contributed by atoms with van der Waals surface area (Å²) in [6.45, 7) is 10.3. The number of Topliss-reactive ketones (excluding diaryl/α,β-unsaturated/α-hetero) is 1. The first-order valence-corrected chi connectivity index (χ1v) is 8.18. The summed E-state index contributed by atoms with van der Waals surface area (Å²) in [4.78, 5) is 12.8. The molecule has 1 heteroatoms. The summed E-state index contributed by atoms with van der Waals surface area (Å²) in [5.41, 5.74) is 5.13. The SMILES string of the molecule is C/C(=C\c1ccccc1)c1ccc2c(c1)C(C)(C)C(=O)C2(C)C. The number of rotatable bonds is 2. The minimum absolute atomic E-state index is 0.307. The Morgan fingerprint density at radius 1 is 0.870 bits per heavy atom. The number of hydrogen-bond donors (Lipinski definition) is 0. The van der Waals surface area contributed by atoms with Crippen LogP contribution < -0.4 is 0 Å². The summed E-state index contributed by atoms with van der Waals surface area (Å²) in [6.07, 6.45) is 2.19. The maximum absolute atomic E-state index is 12.8. The summed E-state index contributed by atoms with van der Waals surface area (Å²) >= 11 is 0. The predicted molar refractivity (Wildman–Crippen MR) is 97.5 cm³/mol. The molecule has 0 atom stereocenters. The van der Waals surface area contributed by atoms with Gasteiger partial charge in [0.2, 0.25) is 0 Å². The van der Waals surface area contributed by atoms with Crippen LogP contribution in [0.4, 0.5) is 0 Å². The van der Waals surface area contributed by atoms with Gasteiger partial charge in [-0.3, -0.25) is 4.79 Å². The highest BCUT2D eigenvalue weighted by Crippen LogP contribution is 2.47. The van der Waals surface area contributed by atoms with Gasteiger partial charge in [-0.2, -0.15) is 0 Å². The number of carbonyl (C=O) groups is 1. The molecule has 0 aromatic heterocycles. The summed E-state index contributed by atoms with van der Waals surface area (Å²) in [5.74, 6) is 0.307. The zero-order valence-corrected chi connectivity index (χ0v) is 14.6. The molecule has 2 aromatic rings. The molecule has 0 fully saturated rings. The molecule has 3 rings (SSSR count). The van der Waals surface area contributed by atoms with Crippen molar-refractivity contribution in [3.05, 3.63) is 70.8 Å². The molecule has 1 nitrogen and oxygen atoms in total. The third-order valence-electron chi connectivity index (χ3n) is 5.14. The van der Waals surface area contributed by atoms with Gasteiger partial charge >= 0.3 is 0 Å². The molecular weight excluding hydrogens is 280 g/mol. The fraction of sp³-hybridized carbons (Fsp3) is 0.318. The molecule has 0 saturated heterocycles. The Kier molecular flexibility index (Phi) is 3.55. The van der Waals surface area contributed by atoms with E-state index in [-0.39, 0.29) is 0 Å². The summed E-state index contributed by atoms with van der Waals surface area (Å²) in [5, 5.41) is 0. The van der Waals surface area contributed by atoms with E-state index in [4.69, 9.17) is 0 Å². The van der Waals surface area contributed by atoms with Crippen molar-refractivity contribution in [3.63, 3.8) is 0 Å². The molecule has 0 bridgehead atoms. The van der Waals surface area contributed by atoms with Crippen LogP contribution in [0.25, 0.3) is 11.6 Å². The quantitative estimate of drug-likeness (QED) is 0.680. The van der Waals surface area contributed by atoms with Gasteiger partial charge in [0.25, 0.3) is 0 Å². The Bertz CT molecular complexity index is 792. The van der Waals surface area contributed by atoms with Gasteiger partial charge in [0.05, 0.1) is 0 Å². The van der Waals surface area contributed by atoms with Gasteiger partial charge in [-0.15, -0.1) is 0 Å². The molecule has 118 valence electrons. The molecule has 1 aliphatic carbocycles. The second-order valence-corrected chi connectivity index (χ2v) is 7.58. The Hall–Kier alpha value is -2.15. The third-order valence-corrected chi connectivity index (χ3v) is 5.14. The first kappa shape index (κ1) is 15.7. The van der Waals surface area contributed by atoms with Crippen molar-refractivity contribution in [3.8, 4) is 0 Å². The minimum Gasteiger partial charge on any atom is -0.298 e. The molecule has 0 spiro atoms. The van der Waals surface area contributed by atoms with E-state index in [1.165, 1.54) is 27.8 Å². The highest BCUT2D eigenvalue weighted by atomic mass is 16.1. The minimum atomic E-state index is -0.415. The number of allylic oxidation sites excluding steroid dienone is 1. The Labute approximate surface area is 139 Å². The van der Waals surface area contributed by atoms with E-state index >= 15 is 0 Å². The van der Waals surface area contributed by atoms with Crippen LogP contribution in [0.2, 0.25) is 0 Å². The topological polar surface area (TPSA) is 17.1 Å². The number of hydrogen-bond acceptors (Lipinski definition) is 1. The van der Waals surface area contributed by atoms with Gasteiger partial charge in [-0.25, -0.2) is 0 Å². The van der Waals surface area contributed by atoms with Gasteiger partial charge in [0, 0.05) is 10.8 Å². The molecule has 0 N–H and O–H groups in total. The van der Waals surface area contributed by atoms with Crippen LogP contribution in [-0.2, 0) is 15.6 Å². The molecule has 0 unspecified atom stereocenters. The number of ketones is 1. The monoisotopic (exact) mass is 304 g/mol. The zero-order valence-electron chi connectivity index (χ0n) is 14.6. The van der Waals surface area contributed by atoms with Gasteiger partial charge < -0.3 is 0 Å². The van der Waals surface area contributed by atoms with Crippen LogP contribution in [-0.4, -0.2) is 5.78 Å². The number of fused-ring (bicyclic) bond motifs is 1. The largest absolute Gasteiger partial charge is 0.298 e. The van der Waals surface area contributed by atoms with Crippen LogP contribution in [0.5, 0.6) is 0 Å². The van der Waals surface area contributed by atoms with Crippen molar-refractivity contribution in [1.29, 1.82) is 0 Å². The van der Waals surface area contributed by atoms with E-state index in [1.54, 1.807) is 0 Å². The van der Waals surface area contributed by atoms with Crippen molar-refractivity contribution in [2.45, 2.75) is 45.4 Å². The fourth-order valence-electron chi connectivity index (χ4n) is 3.76. The molecule has 0 radical (unpaired) electrons. The number of benzene rings is 2. The maximum atomic E-state index is 12.8. The first-order chi connectivity index (χ1) is 10.7. The van der Waals surface area contributed by atoms with Crippen molar-refractivity contribution in [2.75, 3.05) is 0 Å². The van der Waals surface area contributed by atoms with Crippen molar-refractivity contribution in [2.24, 2.45) is 0 Å². The molecule has 2 aromatic carbocycles. The molecule has 1 aliphatic rings. The van der Waals surface area contributed by atoms with Gasteiger partial charge in [-0.05, 0) is 62.4 Å². The van der Waals surface area contributed by atoms with E-state index in [0.717, 1.165) is 0 Å². The Balaban J connectivity index is 2.08. The lowest BCUT2D eigenvalue weighted by atomic mass is 9.80. The van der Waals surface area contributed by atoms with Crippen LogP contribution in [0, 0.1) is 0 Å². The molecule has 0 amide bonds. The highest BCUT2D eigenvalue weighted by molar-refractivity contribution is 6.03. The van der Waals surface area contributed by atoms with Crippen molar-refractivity contribution >= 4 is 17.4 Å². The summed E-state index contributed by atoms with van der Waals surface area (Å²) in [7, 11) is 0. The van der Waals surface area contributed by atoms with E-state index < -0.39 is 10.8 Å². The lowest BCUT2D eigenvalue weighted by Gasteiger charge is -2.21. The maximum Gasteiger partial charge on any atom is 0.152 e. The first-order valence-electron chi connectivity index (χ1n) is 8.18. The summed E-state index contributed by atoms with van der Waals surface area (Å²) < 4.78 is 0. The van der Waals surface area contributed by atoms with Crippen LogP contribution in [0.15, 0.2) is 48.5 Å². The molecule has 0 aliphatic heterocycles. The van der Waals surface area contributed by atoms with E-state index in [0.29, 0.717) is 5.78 Å². The second-order valence-electron chi connectivity index (χ2n) is 7.58. The van der Waals surface area contributed by atoms with E-state index in [9.17, 15) is 4.79 Å². The zero-order chi connectivity index (χ0) is 16.8.